The summed E-state index contributed by atoms with van der Waals surface area (Å²) in [4.78, 5) is 14.0. The third-order valence-corrected chi connectivity index (χ3v) is 3.45. The van der Waals surface area contributed by atoms with Crippen LogP contribution in [0.2, 0.25) is 0 Å². The van der Waals surface area contributed by atoms with E-state index in [-0.39, 0.29) is 5.91 Å². The van der Waals surface area contributed by atoms with Crippen molar-refractivity contribution in [2.24, 2.45) is 0 Å². The van der Waals surface area contributed by atoms with E-state index < -0.39 is 0 Å². The fourth-order valence-electron chi connectivity index (χ4n) is 1.78. The second kappa shape index (κ2) is 5.89. The lowest BCUT2D eigenvalue weighted by Crippen LogP contribution is -2.26. The normalized spacial score (nSPS) is 10.1. The summed E-state index contributed by atoms with van der Waals surface area (Å²) in [6.07, 6.45) is 0. The molecule has 4 heteroatoms. The predicted octanol–water partition coefficient (Wildman–Crippen LogP) is 3.77. The molecule has 3 nitrogen and oxygen atoms in total. The Morgan fingerprint density at radius 3 is 2.47 bits per heavy atom. The minimum absolute atomic E-state index is 0.0283. The average molecular weight is 319 g/mol. The first-order chi connectivity index (χ1) is 9.11. The Balaban J connectivity index is 2.25. The van der Waals surface area contributed by atoms with Gasteiger partial charge in [0.05, 0.1) is 0 Å². The number of carbonyl (C=O) groups is 1. The van der Waals surface area contributed by atoms with E-state index in [2.05, 4.69) is 21.2 Å². The zero-order valence-electron chi connectivity index (χ0n) is 10.9. The molecule has 19 heavy (non-hydrogen) atoms. The summed E-state index contributed by atoms with van der Waals surface area (Å²) in [5.74, 6) is -0.0283. The molecular formula is C15H15BrN2O. The predicted molar refractivity (Wildman–Crippen MR) is 82.9 cm³/mol. The lowest BCUT2D eigenvalue weighted by molar-refractivity contribution is 0.0993. The zero-order valence-corrected chi connectivity index (χ0v) is 12.4. The second-order valence-electron chi connectivity index (χ2n) is 4.17. The van der Waals surface area contributed by atoms with Crippen molar-refractivity contribution in [3.8, 4) is 0 Å². The van der Waals surface area contributed by atoms with Crippen LogP contribution in [0.5, 0.6) is 0 Å². The van der Waals surface area contributed by atoms with Gasteiger partial charge in [-0.2, -0.15) is 0 Å². The van der Waals surface area contributed by atoms with E-state index in [1.165, 1.54) is 0 Å². The third kappa shape index (κ3) is 3.15. The summed E-state index contributed by atoms with van der Waals surface area (Å²) in [5.41, 5.74) is 2.45. The van der Waals surface area contributed by atoms with Crippen LogP contribution < -0.4 is 10.2 Å². The van der Waals surface area contributed by atoms with E-state index in [0.717, 1.165) is 15.8 Å². The molecule has 0 aliphatic heterocycles. The Morgan fingerprint density at radius 2 is 1.84 bits per heavy atom. The molecular weight excluding hydrogens is 304 g/mol. The Bertz CT molecular complexity index is 581. The SMILES string of the molecule is CNc1cccc(C(=O)N(C)c2ccc(Br)cc2)c1. The highest BCUT2D eigenvalue weighted by atomic mass is 79.9. The van der Waals surface area contributed by atoms with Gasteiger partial charge in [-0.1, -0.05) is 22.0 Å². The summed E-state index contributed by atoms with van der Waals surface area (Å²) in [6, 6.07) is 15.1. The Labute approximate surface area is 121 Å². The van der Waals surface area contributed by atoms with Crippen molar-refractivity contribution in [3.05, 3.63) is 58.6 Å². The van der Waals surface area contributed by atoms with Crippen LogP contribution in [-0.2, 0) is 0 Å². The number of hydrogen-bond acceptors (Lipinski definition) is 2. The highest BCUT2D eigenvalue weighted by molar-refractivity contribution is 9.10. The molecule has 0 heterocycles. The van der Waals surface area contributed by atoms with Crippen molar-refractivity contribution < 1.29 is 4.79 Å². The number of nitrogens with zero attached hydrogens (tertiary/aromatic N) is 1. The van der Waals surface area contributed by atoms with Crippen LogP contribution in [0.1, 0.15) is 10.4 Å². The molecule has 0 fully saturated rings. The molecule has 1 N–H and O–H groups in total. The molecule has 2 aromatic rings. The largest absolute Gasteiger partial charge is 0.388 e. The number of carbonyl (C=O) groups excluding carboxylic acids is 1. The topological polar surface area (TPSA) is 32.3 Å². The molecule has 0 saturated carbocycles. The molecule has 0 aliphatic carbocycles. The molecule has 98 valence electrons. The van der Waals surface area contributed by atoms with E-state index in [1.54, 1.807) is 11.9 Å². The molecule has 0 radical (unpaired) electrons. The Hall–Kier alpha value is -1.81. The number of nitrogens with one attached hydrogen (secondary N) is 1. The summed E-state index contributed by atoms with van der Waals surface area (Å²) >= 11 is 3.38. The first kappa shape index (κ1) is 13.6. The van der Waals surface area contributed by atoms with Gasteiger partial charge in [0.25, 0.3) is 5.91 Å². The zero-order chi connectivity index (χ0) is 13.8. The first-order valence-electron chi connectivity index (χ1n) is 5.93. The molecule has 0 bridgehead atoms. The van der Waals surface area contributed by atoms with Gasteiger partial charge in [-0.05, 0) is 42.5 Å². The maximum absolute atomic E-state index is 12.4. The van der Waals surface area contributed by atoms with E-state index in [1.807, 2.05) is 55.6 Å². The molecule has 0 atom stereocenters. The van der Waals surface area contributed by atoms with Crippen LogP contribution in [0.15, 0.2) is 53.0 Å². The average Bonchev–Trinajstić information content (AvgIpc) is 2.46. The van der Waals surface area contributed by atoms with Crippen LogP contribution in [0.3, 0.4) is 0 Å². The Kier molecular flexibility index (Phi) is 4.22. The fraction of sp³-hybridized carbons (Fsp3) is 0.133. The number of halogens is 1. The summed E-state index contributed by atoms with van der Waals surface area (Å²) < 4.78 is 0.995. The van der Waals surface area contributed by atoms with Crippen LogP contribution in [0, 0.1) is 0 Å². The molecule has 0 unspecified atom stereocenters. The van der Waals surface area contributed by atoms with E-state index >= 15 is 0 Å². The quantitative estimate of drug-likeness (QED) is 0.934. The monoisotopic (exact) mass is 318 g/mol. The summed E-state index contributed by atoms with van der Waals surface area (Å²) in [7, 11) is 3.61. The molecule has 0 spiro atoms. The van der Waals surface area contributed by atoms with Gasteiger partial charge in [-0.3, -0.25) is 4.79 Å². The van der Waals surface area contributed by atoms with Gasteiger partial charge in [0, 0.05) is 35.5 Å². The number of hydrogen-bond donors (Lipinski definition) is 1. The van der Waals surface area contributed by atoms with Crippen LogP contribution in [0.4, 0.5) is 11.4 Å². The molecule has 2 rings (SSSR count). The van der Waals surface area contributed by atoms with Gasteiger partial charge in [0.1, 0.15) is 0 Å². The fourth-order valence-corrected chi connectivity index (χ4v) is 2.05. The highest BCUT2D eigenvalue weighted by Crippen LogP contribution is 2.20. The number of amides is 1. The maximum Gasteiger partial charge on any atom is 0.258 e. The van der Waals surface area contributed by atoms with E-state index in [0.29, 0.717) is 5.56 Å². The van der Waals surface area contributed by atoms with Crippen molar-refractivity contribution in [3.63, 3.8) is 0 Å². The lowest BCUT2D eigenvalue weighted by atomic mass is 10.1. The molecule has 2 aromatic carbocycles. The molecule has 1 amide bonds. The maximum atomic E-state index is 12.4. The van der Waals surface area contributed by atoms with Gasteiger partial charge < -0.3 is 10.2 Å². The highest BCUT2D eigenvalue weighted by Gasteiger charge is 2.13. The number of anilines is 2. The minimum atomic E-state index is -0.0283. The first-order valence-corrected chi connectivity index (χ1v) is 6.72. The van der Waals surface area contributed by atoms with Gasteiger partial charge in [0.2, 0.25) is 0 Å². The smallest absolute Gasteiger partial charge is 0.258 e. The van der Waals surface area contributed by atoms with Gasteiger partial charge in [-0.25, -0.2) is 0 Å². The van der Waals surface area contributed by atoms with E-state index in [4.69, 9.17) is 0 Å². The molecule has 0 saturated heterocycles. The second-order valence-corrected chi connectivity index (χ2v) is 5.09. The summed E-state index contributed by atoms with van der Waals surface area (Å²) in [6.45, 7) is 0. The summed E-state index contributed by atoms with van der Waals surface area (Å²) in [5, 5.41) is 3.03. The number of rotatable bonds is 3. The van der Waals surface area contributed by atoms with Crippen molar-refractivity contribution in [1.29, 1.82) is 0 Å². The third-order valence-electron chi connectivity index (χ3n) is 2.92. The van der Waals surface area contributed by atoms with Crippen molar-refractivity contribution >= 4 is 33.2 Å². The number of benzene rings is 2. The van der Waals surface area contributed by atoms with Gasteiger partial charge in [-0.15, -0.1) is 0 Å². The van der Waals surface area contributed by atoms with Crippen molar-refractivity contribution in [2.45, 2.75) is 0 Å². The van der Waals surface area contributed by atoms with Crippen molar-refractivity contribution in [2.75, 3.05) is 24.3 Å². The lowest BCUT2D eigenvalue weighted by Gasteiger charge is -2.18. The standard InChI is InChI=1S/C15H15BrN2O/c1-17-13-5-3-4-11(10-13)15(19)18(2)14-8-6-12(16)7-9-14/h3-10,17H,1-2H3. The molecule has 0 aliphatic rings. The molecule has 0 aromatic heterocycles. The van der Waals surface area contributed by atoms with Crippen molar-refractivity contribution in [1.82, 2.24) is 0 Å². The van der Waals surface area contributed by atoms with Crippen LogP contribution in [0.25, 0.3) is 0 Å². The van der Waals surface area contributed by atoms with Gasteiger partial charge in [0.15, 0.2) is 0 Å². The van der Waals surface area contributed by atoms with Gasteiger partial charge >= 0.3 is 0 Å². The Morgan fingerprint density at radius 1 is 1.16 bits per heavy atom. The van der Waals surface area contributed by atoms with E-state index in [9.17, 15) is 4.79 Å². The van der Waals surface area contributed by atoms with Crippen LogP contribution >= 0.6 is 15.9 Å². The van der Waals surface area contributed by atoms with Crippen LogP contribution in [-0.4, -0.2) is 20.0 Å². The minimum Gasteiger partial charge on any atom is -0.388 e.